The Bertz CT molecular complexity index is 372. The number of unbranched alkanes of at least 4 members (excludes halogenated alkanes) is 2. The van der Waals surface area contributed by atoms with Crippen LogP contribution < -0.4 is 10.6 Å². The summed E-state index contributed by atoms with van der Waals surface area (Å²) < 4.78 is 0. The van der Waals surface area contributed by atoms with Crippen LogP contribution in [0.5, 0.6) is 0 Å². The predicted molar refractivity (Wildman–Crippen MR) is 85.1 cm³/mol. The molecule has 0 aliphatic carbocycles. The second-order valence-electron chi connectivity index (χ2n) is 5.66. The van der Waals surface area contributed by atoms with Gasteiger partial charge in [0.2, 0.25) is 5.91 Å². The second-order valence-corrected chi connectivity index (χ2v) is 6.69. The van der Waals surface area contributed by atoms with E-state index in [1.165, 1.54) is 24.1 Å². The summed E-state index contributed by atoms with van der Waals surface area (Å²) in [6.45, 7) is 3.04. The van der Waals surface area contributed by atoms with Gasteiger partial charge in [0.15, 0.2) is 0 Å². The third-order valence-corrected chi connectivity index (χ3v) is 4.83. The first-order valence-corrected chi connectivity index (χ1v) is 8.72. The van der Waals surface area contributed by atoms with Gasteiger partial charge in [-0.15, -0.1) is 11.3 Å². The van der Waals surface area contributed by atoms with Gasteiger partial charge in [0.25, 0.3) is 0 Å². The molecule has 1 aromatic rings. The normalized spacial score (nSPS) is 18.9. The van der Waals surface area contributed by atoms with E-state index in [1.807, 2.05) is 11.3 Å². The van der Waals surface area contributed by atoms with Gasteiger partial charge < -0.3 is 10.6 Å². The summed E-state index contributed by atoms with van der Waals surface area (Å²) in [6, 6.07) is 4.29. The lowest BCUT2D eigenvalue weighted by atomic mass is 10.00. The topological polar surface area (TPSA) is 41.1 Å². The Morgan fingerprint density at radius 1 is 1.40 bits per heavy atom. The number of hydrogen-bond donors (Lipinski definition) is 2. The van der Waals surface area contributed by atoms with Gasteiger partial charge in [0, 0.05) is 17.8 Å². The molecule has 1 saturated heterocycles. The van der Waals surface area contributed by atoms with E-state index in [4.69, 9.17) is 0 Å². The number of hydrogen-bond acceptors (Lipinski definition) is 3. The molecule has 0 spiro atoms. The van der Waals surface area contributed by atoms with Crippen LogP contribution in [-0.4, -0.2) is 25.5 Å². The largest absolute Gasteiger partial charge is 0.356 e. The van der Waals surface area contributed by atoms with Crippen LogP contribution in [0, 0.1) is 5.92 Å². The van der Waals surface area contributed by atoms with Crippen molar-refractivity contribution >= 4 is 17.2 Å². The summed E-state index contributed by atoms with van der Waals surface area (Å²) in [7, 11) is 0. The van der Waals surface area contributed by atoms with E-state index in [9.17, 15) is 4.79 Å². The van der Waals surface area contributed by atoms with Gasteiger partial charge in [-0.05, 0) is 62.6 Å². The number of aryl methyl sites for hydroxylation is 1. The summed E-state index contributed by atoms with van der Waals surface area (Å²) in [5.41, 5.74) is 0. The van der Waals surface area contributed by atoms with E-state index in [0.29, 0.717) is 12.3 Å². The zero-order valence-corrected chi connectivity index (χ0v) is 13.0. The first-order valence-electron chi connectivity index (χ1n) is 7.84. The van der Waals surface area contributed by atoms with Crippen molar-refractivity contribution in [2.75, 3.05) is 19.6 Å². The number of amides is 1. The van der Waals surface area contributed by atoms with Crippen molar-refractivity contribution < 1.29 is 4.79 Å². The van der Waals surface area contributed by atoms with Crippen molar-refractivity contribution in [2.24, 2.45) is 5.92 Å². The molecule has 1 amide bonds. The minimum Gasteiger partial charge on any atom is -0.356 e. The van der Waals surface area contributed by atoms with Crippen LogP contribution in [0.25, 0.3) is 0 Å². The Kier molecular flexibility index (Phi) is 7.09. The minimum atomic E-state index is 0.228. The van der Waals surface area contributed by atoms with Crippen LogP contribution in [0.15, 0.2) is 17.5 Å². The molecule has 4 heteroatoms. The Balaban J connectivity index is 1.45. The quantitative estimate of drug-likeness (QED) is 0.724. The number of nitrogens with one attached hydrogen (secondary N) is 2. The van der Waals surface area contributed by atoms with E-state index in [1.54, 1.807) is 0 Å². The standard InChI is InChI=1S/C16H26N2OS/c19-16(18-13-14-6-4-10-17-12-14)9-3-1-2-7-15-8-5-11-20-15/h5,8,11,14,17H,1-4,6-7,9-10,12-13H2,(H,18,19). The molecule has 112 valence electrons. The van der Waals surface area contributed by atoms with E-state index < -0.39 is 0 Å². The average Bonchev–Trinajstić information content (AvgIpc) is 2.99. The number of rotatable bonds is 8. The molecular weight excluding hydrogens is 268 g/mol. The summed E-state index contributed by atoms with van der Waals surface area (Å²) in [5, 5.41) is 8.59. The van der Waals surface area contributed by atoms with E-state index in [0.717, 1.165) is 38.9 Å². The molecule has 2 rings (SSSR count). The average molecular weight is 294 g/mol. The van der Waals surface area contributed by atoms with Crippen LogP contribution in [0.3, 0.4) is 0 Å². The minimum absolute atomic E-state index is 0.228. The summed E-state index contributed by atoms with van der Waals surface area (Å²) in [6.07, 6.45) is 7.69. The van der Waals surface area contributed by atoms with Crippen molar-refractivity contribution in [3.05, 3.63) is 22.4 Å². The van der Waals surface area contributed by atoms with E-state index in [-0.39, 0.29) is 5.91 Å². The van der Waals surface area contributed by atoms with Gasteiger partial charge in [-0.2, -0.15) is 0 Å². The molecule has 0 bridgehead atoms. The van der Waals surface area contributed by atoms with Gasteiger partial charge in [-0.3, -0.25) is 4.79 Å². The smallest absolute Gasteiger partial charge is 0.220 e. The zero-order chi connectivity index (χ0) is 14.0. The molecule has 2 N–H and O–H groups in total. The Labute approximate surface area is 126 Å². The number of piperidine rings is 1. The molecule has 0 aromatic carbocycles. The molecule has 1 aliphatic rings. The fourth-order valence-electron chi connectivity index (χ4n) is 2.66. The van der Waals surface area contributed by atoms with Gasteiger partial charge in [-0.1, -0.05) is 12.5 Å². The van der Waals surface area contributed by atoms with Gasteiger partial charge in [0.1, 0.15) is 0 Å². The molecule has 1 aromatic heterocycles. The van der Waals surface area contributed by atoms with E-state index >= 15 is 0 Å². The monoisotopic (exact) mass is 294 g/mol. The highest BCUT2D eigenvalue weighted by Gasteiger charge is 2.13. The number of carbonyl (C=O) groups is 1. The van der Waals surface area contributed by atoms with Crippen LogP contribution in [-0.2, 0) is 11.2 Å². The summed E-state index contributed by atoms with van der Waals surface area (Å²) in [5.74, 6) is 0.859. The molecule has 20 heavy (non-hydrogen) atoms. The highest BCUT2D eigenvalue weighted by Crippen LogP contribution is 2.13. The lowest BCUT2D eigenvalue weighted by molar-refractivity contribution is -0.121. The molecule has 1 unspecified atom stereocenters. The van der Waals surface area contributed by atoms with Crippen LogP contribution in [0.1, 0.15) is 43.4 Å². The third kappa shape index (κ3) is 6.06. The van der Waals surface area contributed by atoms with E-state index in [2.05, 4.69) is 28.1 Å². The Morgan fingerprint density at radius 2 is 2.35 bits per heavy atom. The third-order valence-electron chi connectivity index (χ3n) is 3.89. The van der Waals surface area contributed by atoms with Gasteiger partial charge >= 0.3 is 0 Å². The summed E-state index contributed by atoms with van der Waals surface area (Å²) in [4.78, 5) is 13.2. The molecule has 0 radical (unpaired) electrons. The summed E-state index contributed by atoms with van der Waals surface area (Å²) >= 11 is 1.83. The number of thiophene rings is 1. The van der Waals surface area contributed by atoms with Crippen molar-refractivity contribution in [3.8, 4) is 0 Å². The molecule has 1 aliphatic heterocycles. The lowest BCUT2D eigenvalue weighted by Gasteiger charge is -2.22. The van der Waals surface area contributed by atoms with Crippen molar-refractivity contribution in [2.45, 2.75) is 44.9 Å². The highest BCUT2D eigenvalue weighted by atomic mass is 32.1. The van der Waals surface area contributed by atoms with Gasteiger partial charge in [0.05, 0.1) is 0 Å². The maximum absolute atomic E-state index is 11.7. The Hall–Kier alpha value is -0.870. The first-order chi connectivity index (χ1) is 9.84. The van der Waals surface area contributed by atoms with Crippen molar-refractivity contribution in [3.63, 3.8) is 0 Å². The van der Waals surface area contributed by atoms with Crippen LogP contribution in [0.4, 0.5) is 0 Å². The lowest BCUT2D eigenvalue weighted by Crippen LogP contribution is -2.38. The SMILES string of the molecule is O=C(CCCCCc1cccs1)NCC1CCCNC1. The molecular formula is C16H26N2OS. The number of carbonyl (C=O) groups excluding carboxylic acids is 1. The van der Waals surface area contributed by atoms with Crippen LogP contribution in [0.2, 0.25) is 0 Å². The van der Waals surface area contributed by atoms with Gasteiger partial charge in [-0.25, -0.2) is 0 Å². The van der Waals surface area contributed by atoms with Crippen LogP contribution >= 0.6 is 11.3 Å². The fraction of sp³-hybridized carbons (Fsp3) is 0.688. The first kappa shape index (κ1) is 15.5. The highest BCUT2D eigenvalue weighted by molar-refractivity contribution is 7.09. The van der Waals surface area contributed by atoms with Crippen molar-refractivity contribution in [1.29, 1.82) is 0 Å². The Morgan fingerprint density at radius 3 is 3.10 bits per heavy atom. The molecule has 2 heterocycles. The molecule has 1 atom stereocenters. The maximum atomic E-state index is 11.7. The van der Waals surface area contributed by atoms with Crippen molar-refractivity contribution in [1.82, 2.24) is 10.6 Å². The zero-order valence-electron chi connectivity index (χ0n) is 12.2. The second kappa shape index (κ2) is 9.14. The fourth-order valence-corrected chi connectivity index (χ4v) is 3.41. The molecule has 1 fully saturated rings. The molecule has 3 nitrogen and oxygen atoms in total. The molecule has 0 saturated carbocycles. The predicted octanol–water partition coefficient (Wildman–Crippen LogP) is 2.97. The maximum Gasteiger partial charge on any atom is 0.220 e.